The van der Waals surface area contributed by atoms with Crippen molar-refractivity contribution >= 4 is 29.2 Å². The molecule has 0 aliphatic carbocycles. The predicted molar refractivity (Wildman–Crippen MR) is 122 cm³/mol. The average molecular weight is 435 g/mol. The highest BCUT2D eigenvalue weighted by atomic mass is 35.5. The molecule has 1 fully saturated rings. The topological polar surface area (TPSA) is 74.3 Å². The van der Waals surface area contributed by atoms with Crippen LogP contribution >= 0.6 is 11.6 Å². The Kier molecular flexibility index (Phi) is 6.18. The van der Waals surface area contributed by atoms with E-state index in [1.807, 2.05) is 19.1 Å². The van der Waals surface area contributed by atoms with Crippen molar-refractivity contribution in [3.8, 4) is 0 Å². The van der Waals surface area contributed by atoms with Crippen LogP contribution < -0.4 is 15.5 Å². The zero-order chi connectivity index (χ0) is 21.8. The van der Waals surface area contributed by atoms with Crippen molar-refractivity contribution in [3.05, 3.63) is 94.3 Å². The molecule has 1 atom stereocenters. The van der Waals surface area contributed by atoms with Crippen LogP contribution in [0.5, 0.6) is 0 Å². The molecule has 3 amide bonds. The summed E-state index contributed by atoms with van der Waals surface area (Å²) in [5.74, 6) is -0.299. The van der Waals surface area contributed by atoms with Gasteiger partial charge in [-0.3, -0.25) is 14.7 Å². The van der Waals surface area contributed by atoms with Gasteiger partial charge in [0.25, 0.3) is 5.91 Å². The fourth-order valence-corrected chi connectivity index (χ4v) is 3.81. The Balaban J connectivity index is 1.60. The Morgan fingerprint density at radius 1 is 1.23 bits per heavy atom. The van der Waals surface area contributed by atoms with E-state index in [4.69, 9.17) is 11.6 Å². The summed E-state index contributed by atoms with van der Waals surface area (Å²) < 4.78 is 0. The lowest BCUT2D eigenvalue weighted by Gasteiger charge is -2.21. The summed E-state index contributed by atoms with van der Waals surface area (Å²) in [6.45, 7) is 3.16. The first-order valence-electron chi connectivity index (χ1n) is 10.1. The first-order chi connectivity index (χ1) is 15.0. The van der Waals surface area contributed by atoms with Crippen molar-refractivity contribution in [2.45, 2.75) is 19.4 Å². The molecule has 158 valence electrons. The second-order valence-electron chi connectivity index (χ2n) is 7.55. The number of hydrogen-bond acceptors (Lipinski definition) is 3. The number of carbonyl (C=O) groups excluding carboxylic acids is 2. The number of rotatable bonds is 6. The van der Waals surface area contributed by atoms with Gasteiger partial charge < -0.3 is 10.6 Å². The highest BCUT2D eigenvalue weighted by Gasteiger charge is 2.24. The molecule has 3 aromatic rings. The minimum Gasteiger partial charge on any atom is -0.345 e. The minimum absolute atomic E-state index is 0.179. The highest BCUT2D eigenvalue weighted by Crippen LogP contribution is 2.26. The molecule has 7 heteroatoms. The zero-order valence-corrected chi connectivity index (χ0v) is 17.9. The Labute approximate surface area is 186 Å². The number of pyridine rings is 1. The van der Waals surface area contributed by atoms with Crippen LogP contribution in [0.4, 0.5) is 10.5 Å². The third-order valence-corrected chi connectivity index (χ3v) is 5.65. The standard InChI is InChI=1S/C24H23ClN4O2/c1-16-4-6-17(7-5-16)13-22(18-3-2-10-26-15-18)28-23(30)20-14-19(8-9-21(20)25)29-12-11-27-24(29)31/h2-10,14-15,22H,11-13H2,1H3,(H,27,31)(H,28,30). The molecule has 6 nitrogen and oxygen atoms in total. The van der Waals surface area contributed by atoms with Gasteiger partial charge in [0.2, 0.25) is 0 Å². The molecule has 2 heterocycles. The van der Waals surface area contributed by atoms with Gasteiger partial charge >= 0.3 is 6.03 Å². The van der Waals surface area contributed by atoms with Crippen LogP contribution in [0.15, 0.2) is 67.0 Å². The molecule has 2 N–H and O–H groups in total. The van der Waals surface area contributed by atoms with Crippen molar-refractivity contribution < 1.29 is 9.59 Å². The molecule has 1 unspecified atom stereocenters. The van der Waals surface area contributed by atoms with Crippen molar-refractivity contribution in [1.29, 1.82) is 0 Å². The number of aryl methyl sites for hydroxylation is 1. The lowest BCUT2D eigenvalue weighted by atomic mass is 9.99. The molecule has 2 aromatic carbocycles. The van der Waals surface area contributed by atoms with E-state index < -0.39 is 0 Å². The van der Waals surface area contributed by atoms with Crippen LogP contribution in [0.25, 0.3) is 0 Å². The van der Waals surface area contributed by atoms with E-state index in [1.54, 1.807) is 35.5 Å². The van der Waals surface area contributed by atoms with Gasteiger partial charge in [0.05, 0.1) is 16.6 Å². The fraction of sp³-hybridized carbons (Fsp3) is 0.208. The molecular formula is C24H23ClN4O2. The Hall–Kier alpha value is -3.38. The number of nitrogens with one attached hydrogen (secondary N) is 2. The van der Waals surface area contributed by atoms with E-state index in [0.29, 0.717) is 35.8 Å². The Bertz CT molecular complexity index is 1090. The maximum atomic E-state index is 13.2. The van der Waals surface area contributed by atoms with Gasteiger partial charge in [0.15, 0.2) is 0 Å². The van der Waals surface area contributed by atoms with Crippen LogP contribution in [0, 0.1) is 6.92 Å². The normalized spacial score (nSPS) is 14.3. The number of aromatic nitrogens is 1. The summed E-state index contributed by atoms with van der Waals surface area (Å²) in [5, 5.41) is 6.20. The number of halogens is 1. The average Bonchev–Trinajstić information content (AvgIpc) is 3.21. The lowest BCUT2D eigenvalue weighted by Crippen LogP contribution is -2.31. The van der Waals surface area contributed by atoms with Crippen LogP contribution in [-0.4, -0.2) is 30.0 Å². The third-order valence-electron chi connectivity index (χ3n) is 5.32. The Morgan fingerprint density at radius 3 is 2.71 bits per heavy atom. The SMILES string of the molecule is Cc1ccc(CC(NC(=O)c2cc(N3CCNC3=O)ccc2Cl)c2cccnc2)cc1. The number of carbonyl (C=O) groups is 2. The first kappa shape index (κ1) is 20.9. The maximum Gasteiger partial charge on any atom is 0.321 e. The van der Waals surface area contributed by atoms with Gasteiger partial charge in [-0.15, -0.1) is 0 Å². The van der Waals surface area contributed by atoms with Crippen LogP contribution in [-0.2, 0) is 6.42 Å². The molecule has 0 spiro atoms. The van der Waals surface area contributed by atoms with Gasteiger partial charge in [0.1, 0.15) is 0 Å². The van der Waals surface area contributed by atoms with Crippen molar-refractivity contribution in [3.63, 3.8) is 0 Å². The monoisotopic (exact) mass is 434 g/mol. The highest BCUT2D eigenvalue weighted by molar-refractivity contribution is 6.34. The van der Waals surface area contributed by atoms with E-state index >= 15 is 0 Å². The van der Waals surface area contributed by atoms with E-state index in [9.17, 15) is 9.59 Å². The summed E-state index contributed by atoms with van der Waals surface area (Å²) in [6.07, 6.45) is 4.07. The molecule has 1 aromatic heterocycles. The third kappa shape index (κ3) is 4.86. The molecule has 1 aliphatic rings. The van der Waals surface area contributed by atoms with Gasteiger partial charge in [-0.25, -0.2) is 4.79 Å². The predicted octanol–water partition coefficient (Wildman–Crippen LogP) is 4.29. The number of anilines is 1. The quantitative estimate of drug-likeness (QED) is 0.607. The number of benzene rings is 2. The summed E-state index contributed by atoms with van der Waals surface area (Å²) in [5.41, 5.74) is 4.16. The summed E-state index contributed by atoms with van der Waals surface area (Å²) >= 11 is 6.35. The molecule has 0 saturated carbocycles. The number of nitrogens with zero attached hydrogens (tertiary/aromatic N) is 2. The van der Waals surface area contributed by atoms with Crippen LogP contribution in [0.3, 0.4) is 0 Å². The van der Waals surface area contributed by atoms with E-state index in [-0.39, 0.29) is 18.0 Å². The zero-order valence-electron chi connectivity index (χ0n) is 17.1. The number of urea groups is 1. The summed E-state index contributed by atoms with van der Waals surface area (Å²) in [4.78, 5) is 31.0. The van der Waals surface area contributed by atoms with Gasteiger partial charge in [0, 0.05) is 31.2 Å². The molecule has 1 saturated heterocycles. The van der Waals surface area contributed by atoms with E-state index in [2.05, 4.69) is 39.9 Å². The van der Waals surface area contributed by atoms with Crippen molar-refractivity contribution in [1.82, 2.24) is 15.6 Å². The summed E-state index contributed by atoms with van der Waals surface area (Å²) in [6, 6.07) is 16.6. The largest absolute Gasteiger partial charge is 0.345 e. The second kappa shape index (κ2) is 9.18. The van der Waals surface area contributed by atoms with Crippen LogP contribution in [0.2, 0.25) is 5.02 Å². The number of amides is 3. The van der Waals surface area contributed by atoms with Gasteiger partial charge in [-0.05, 0) is 48.7 Å². The lowest BCUT2D eigenvalue weighted by molar-refractivity contribution is 0.0936. The van der Waals surface area contributed by atoms with E-state index in [0.717, 1.165) is 11.1 Å². The fourth-order valence-electron chi connectivity index (χ4n) is 3.60. The number of hydrogen-bond donors (Lipinski definition) is 2. The molecule has 1 aliphatic heterocycles. The Morgan fingerprint density at radius 2 is 2.03 bits per heavy atom. The molecule has 4 rings (SSSR count). The first-order valence-corrected chi connectivity index (χ1v) is 10.5. The second-order valence-corrected chi connectivity index (χ2v) is 7.96. The van der Waals surface area contributed by atoms with Crippen molar-refractivity contribution in [2.24, 2.45) is 0 Å². The van der Waals surface area contributed by atoms with Crippen molar-refractivity contribution in [2.75, 3.05) is 18.0 Å². The smallest absolute Gasteiger partial charge is 0.321 e. The molecule has 31 heavy (non-hydrogen) atoms. The maximum absolute atomic E-state index is 13.2. The molecule has 0 radical (unpaired) electrons. The molecule has 0 bridgehead atoms. The van der Waals surface area contributed by atoms with Gasteiger partial charge in [-0.1, -0.05) is 47.5 Å². The summed E-state index contributed by atoms with van der Waals surface area (Å²) in [7, 11) is 0. The minimum atomic E-state index is -0.299. The van der Waals surface area contributed by atoms with Gasteiger partial charge in [-0.2, -0.15) is 0 Å². The van der Waals surface area contributed by atoms with E-state index in [1.165, 1.54) is 5.56 Å². The van der Waals surface area contributed by atoms with Crippen LogP contribution in [0.1, 0.15) is 33.1 Å². The molecular weight excluding hydrogens is 412 g/mol.